The number of likely N-dealkylation sites (tertiary alicyclic amines) is 1. The van der Waals surface area contributed by atoms with Gasteiger partial charge < -0.3 is 19.4 Å². The van der Waals surface area contributed by atoms with E-state index in [-0.39, 0.29) is 34.7 Å². The Labute approximate surface area is 235 Å². The van der Waals surface area contributed by atoms with Crippen LogP contribution in [0.3, 0.4) is 0 Å². The van der Waals surface area contributed by atoms with E-state index in [1.165, 1.54) is 23.1 Å². The topological polar surface area (TPSA) is 83.0 Å². The molecular formula is C28H28F4N4O4S. The quantitative estimate of drug-likeness (QED) is 0.375. The summed E-state index contributed by atoms with van der Waals surface area (Å²) in [7, 11) is -2.03. The van der Waals surface area contributed by atoms with Crippen molar-refractivity contribution < 1.29 is 35.5 Å². The van der Waals surface area contributed by atoms with Gasteiger partial charge in [-0.1, -0.05) is 0 Å². The zero-order valence-corrected chi connectivity index (χ0v) is 23.3. The molecular weight excluding hydrogens is 564 g/mol. The SMILES string of the molecule is C[C@@H]1C(=O)N(C)c2ccc(-c3cc(S(=O)(=O)C(F)(F)F)ccc3Oc3ccc(F)cc3)nc2N1C1CCN(C)CC1. The largest absolute Gasteiger partial charge is 0.501 e. The summed E-state index contributed by atoms with van der Waals surface area (Å²) in [5.74, 6) is 0.0311. The van der Waals surface area contributed by atoms with E-state index < -0.39 is 32.1 Å². The van der Waals surface area contributed by atoms with E-state index in [2.05, 4.69) is 4.90 Å². The minimum Gasteiger partial charge on any atom is -0.457 e. The molecule has 13 heteroatoms. The highest BCUT2D eigenvalue weighted by Crippen LogP contribution is 2.42. The predicted octanol–water partition coefficient (Wildman–Crippen LogP) is 5.24. The third kappa shape index (κ3) is 5.35. The van der Waals surface area contributed by atoms with E-state index in [9.17, 15) is 30.8 Å². The first kappa shape index (κ1) is 28.8. The van der Waals surface area contributed by atoms with Crippen molar-refractivity contribution in [3.8, 4) is 22.8 Å². The van der Waals surface area contributed by atoms with Gasteiger partial charge in [0.1, 0.15) is 23.4 Å². The number of rotatable bonds is 5. The number of halogens is 4. The monoisotopic (exact) mass is 592 g/mol. The van der Waals surface area contributed by atoms with E-state index in [0.29, 0.717) is 11.5 Å². The second-order valence-corrected chi connectivity index (χ2v) is 12.2. The van der Waals surface area contributed by atoms with Gasteiger partial charge in [-0.25, -0.2) is 17.8 Å². The number of amides is 1. The van der Waals surface area contributed by atoms with Crippen molar-refractivity contribution >= 4 is 27.2 Å². The Hall–Kier alpha value is -3.71. The average molecular weight is 593 g/mol. The summed E-state index contributed by atoms with van der Waals surface area (Å²) in [6.45, 7) is 3.42. The number of sulfone groups is 1. The van der Waals surface area contributed by atoms with Crippen molar-refractivity contribution in [3.05, 3.63) is 60.4 Å². The first-order valence-electron chi connectivity index (χ1n) is 12.9. The molecule has 2 aliphatic rings. The van der Waals surface area contributed by atoms with Crippen LogP contribution in [0.5, 0.6) is 11.5 Å². The van der Waals surface area contributed by atoms with Crippen LogP contribution in [0, 0.1) is 5.82 Å². The Kier molecular flexibility index (Phi) is 7.45. The fourth-order valence-corrected chi connectivity index (χ4v) is 6.02. The summed E-state index contributed by atoms with van der Waals surface area (Å²) in [5, 5.41) is 0. The van der Waals surface area contributed by atoms with Crippen LogP contribution in [0.15, 0.2) is 59.5 Å². The minimum atomic E-state index is -5.68. The van der Waals surface area contributed by atoms with Gasteiger partial charge in [0.05, 0.1) is 16.3 Å². The van der Waals surface area contributed by atoms with Crippen molar-refractivity contribution in [3.63, 3.8) is 0 Å². The second kappa shape index (κ2) is 10.6. The maximum Gasteiger partial charge on any atom is 0.501 e. The fourth-order valence-electron chi connectivity index (χ4n) is 5.24. The Morgan fingerprint density at radius 3 is 2.27 bits per heavy atom. The summed E-state index contributed by atoms with van der Waals surface area (Å²) < 4.78 is 84.3. The molecule has 0 radical (unpaired) electrons. The van der Waals surface area contributed by atoms with Gasteiger partial charge >= 0.3 is 5.51 Å². The average Bonchev–Trinajstić information content (AvgIpc) is 2.93. The van der Waals surface area contributed by atoms with Gasteiger partial charge in [0, 0.05) is 18.7 Å². The van der Waals surface area contributed by atoms with E-state index in [4.69, 9.17) is 9.72 Å². The van der Waals surface area contributed by atoms with Crippen molar-refractivity contribution in [1.29, 1.82) is 0 Å². The molecule has 0 unspecified atom stereocenters. The molecule has 1 atom stereocenters. The number of hydrogen-bond donors (Lipinski definition) is 0. The van der Waals surface area contributed by atoms with E-state index >= 15 is 0 Å². The number of alkyl halides is 3. The lowest BCUT2D eigenvalue weighted by Gasteiger charge is -2.46. The molecule has 0 N–H and O–H groups in total. The zero-order chi connectivity index (χ0) is 29.7. The van der Waals surface area contributed by atoms with Gasteiger partial charge in [-0.2, -0.15) is 13.2 Å². The lowest BCUT2D eigenvalue weighted by atomic mass is 9.99. The summed E-state index contributed by atoms with van der Waals surface area (Å²) in [6.07, 6.45) is 1.56. The molecule has 1 fully saturated rings. The van der Waals surface area contributed by atoms with Crippen LogP contribution in [-0.2, 0) is 14.6 Å². The van der Waals surface area contributed by atoms with Gasteiger partial charge in [-0.05, 0) is 94.5 Å². The van der Waals surface area contributed by atoms with Crippen LogP contribution in [0.2, 0.25) is 0 Å². The third-order valence-electron chi connectivity index (χ3n) is 7.53. The molecule has 2 aromatic carbocycles. The molecule has 1 aromatic heterocycles. The fraction of sp³-hybridized carbons (Fsp3) is 0.357. The number of pyridine rings is 1. The molecule has 3 heterocycles. The third-order valence-corrected chi connectivity index (χ3v) is 9.01. The molecule has 0 bridgehead atoms. The van der Waals surface area contributed by atoms with Crippen molar-refractivity contribution in [2.75, 3.05) is 37.0 Å². The lowest BCUT2D eigenvalue weighted by Crippen LogP contribution is -2.57. The summed E-state index contributed by atoms with van der Waals surface area (Å²) in [6, 6.07) is 10.4. The smallest absolute Gasteiger partial charge is 0.457 e. The van der Waals surface area contributed by atoms with E-state index in [0.717, 1.165) is 56.3 Å². The lowest BCUT2D eigenvalue weighted by molar-refractivity contribution is -0.119. The maximum absolute atomic E-state index is 13.5. The number of fused-ring (bicyclic) bond motifs is 1. The molecule has 8 nitrogen and oxygen atoms in total. The molecule has 5 rings (SSSR count). The van der Waals surface area contributed by atoms with E-state index in [1.807, 2.05) is 11.9 Å². The van der Waals surface area contributed by atoms with Gasteiger partial charge in [0.15, 0.2) is 5.82 Å². The van der Waals surface area contributed by atoms with Crippen LogP contribution >= 0.6 is 0 Å². The second-order valence-electron chi connectivity index (χ2n) is 10.2. The van der Waals surface area contributed by atoms with Crippen molar-refractivity contribution in [1.82, 2.24) is 9.88 Å². The number of nitrogens with zero attached hydrogens (tertiary/aromatic N) is 4. The van der Waals surface area contributed by atoms with Crippen LogP contribution in [0.1, 0.15) is 19.8 Å². The van der Waals surface area contributed by atoms with Crippen molar-refractivity contribution in [2.24, 2.45) is 0 Å². The number of likely N-dealkylation sites (N-methyl/N-ethyl adjacent to an activating group) is 1. The number of carbonyl (C=O) groups is 1. The van der Waals surface area contributed by atoms with Crippen LogP contribution in [-0.4, -0.2) is 69.0 Å². The molecule has 3 aromatic rings. The number of anilines is 2. The zero-order valence-electron chi connectivity index (χ0n) is 22.5. The molecule has 41 heavy (non-hydrogen) atoms. The first-order valence-corrected chi connectivity index (χ1v) is 14.4. The van der Waals surface area contributed by atoms with E-state index in [1.54, 1.807) is 20.0 Å². The standard InChI is InChI=1S/C28H28F4N4O4S/c1-17-27(37)35(3)24-10-9-23(33-26(24)36(17)19-12-14-34(2)15-13-19)22-16-21(41(38,39)28(30,31)32)8-11-25(22)40-20-6-4-18(29)5-7-20/h4-11,16-17,19H,12-15H2,1-3H3/t17-/m1/s1. The number of aromatic nitrogens is 1. The number of benzene rings is 2. The van der Waals surface area contributed by atoms with Crippen LogP contribution < -0.4 is 14.5 Å². The van der Waals surface area contributed by atoms with Gasteiger partial charge in [0.25, 0.3) is 9.84 Å². The maximum atomic E-state index is 13.5. The Balaban J connectivity index is 1.66. The summed E-state index contributed by atoms with van der Waals surface area (Å²) >= 11 is 0. The highest BCUT2D eigenvalue weighted by molar-refractivity contribution is 7.92. The molecule has 1 amide bonds. The molecule has 218 valence electrons. The Morgan fingerprint density at radius 2 is 1.63 bits per heavy atom. The normalized spacial score (nSPS) is 18.9. The first-order chi connectivity index (χ1) is 19.3. The van der Waals surface area contributed by atoms with Crippen LogP contribution in [0.25, 0.3) is 11.3 Å². The highest BCUT2D eigenvalue weighted by Gasteiger charge is 2.47. The minimum absolute atomic E-state index is 0.00720. The Morgan fingerprint density at radius 1 is 0.976 bits per heavy atom. The van der Waals surface area contributed by atoms with Crippen molar-refractivity contribution in [2.45, 2.75) is 42.3 Å². The van der Waals surface area contributed by atoms with Gasteiger partial charge in [-0.3, -0.25) is 4.79 Å². The Bertz CT molecular complexity index is 1570. The van der Waals surface area contributed by atoms with Gasteiger partial charge in [-0.15, -0.1) is 0 Å². The van der Waals surface area contributed by atoms with Gasteiger partial charge in [0.2, 0.25) is 5.91 Å². The van der Waals surface area contributed by atoms with Crippen LogP contribution in [0.4, 0.5) is 29.1 Å². The predicted molar refractivity (Wildman–Crippen MR) is 145 cm³/mol. The summed E-state index contributed by atoms with van der Waals surface area (Å²) in [4.78, 5) is 22.6. The molecule has 2 aliphatic heterocycles. The number of hydrogen-bond acceptors (Lipinski definition) is 7. The number of carbonyl (C=O) groups excluding carboxylic acids is 1. The molecule has 0 aliphatic carbocycles. The molecule has 1 saturated heterocycles. The summed E-state index contributed by atoms with van der Waals surface area (Å²) in [5.41, 5.74) is -4.86. The molecule has 0 saturated carbocycles. The number of piperidine rings is 1. The molecule has 0 spiro atoms. The highest BCUT2D eigenvalue weighted by atomic mass is 32.2. The number of ether oxygens (including phenoxy) is 1.